The number of unbranched alkanes of at least 4 members (excludes halogenated alkanes) is 1. The molecule has 0 N–H and O–H groups in total. The van der Waals surface area contributed by atoms with Crippen molar-refractivity contribution in [2.75, 3.05) is 19.6 Å². The van der Waals surface area contributed by atoms with E-state index in [9.17, 15) is 4.79 Å². The normalized spacial score (nSPS) is 20.0. The minimum absolute atomic E-state index is 0.733. The van der Waals surface area contributed by atoms with Gasteiger partial charge in [0.05, 0.1) is 0 Å². The third-order valence-corrected chi connectivity index (χ3v) is 2.25. The van der Waals surface area contributed by atoms with E-state index in [4.69, 9.17) is 0 Å². The fourth-order valence-electron chi connectivity index (χ4n) is 1.58. The van der Waals surface area contributed by atoms with Crippen LogP contribution < -0.4 is 0 Å². The standard InChI is InChI=1S/C9H17NO/c11-9-5-4-8-10-6-2-1-3-7-10/h9H,1-8H2. The highest BCUT2D eigenvalue weighted by atomic mass is 16.1. The molecule has 1 rings (SSSR count). The highest BCUT2D eigenvalue weighted by molar-refractivity contribution is 5.48. The Kier molecular flexibility index (Phi) is 4.21. The zero-order valence-corrected chi connectivity index (χ0v) is 7.09. The van der Waals surface area contributed by atoms with Crippen LogP contribution in [0, 0.1) is 0 Å². The van der Waals surface area contributed by atoms with Crippen molar-refractivity contribution in [1.82, 2.24) is 4.90 Å². The number of piperidine rings is 1. The van der Waals surface area contributed by atoms with Gasteiger partial charge in [0, 0.05) is 6.42 Å². The molecule has 1 aliphatic heterocycles. The Labute approximate surface area is 68.6 Å². The zero-order valence-electron chi connectivity index (χ0n) is 7.09. The van der Waals surface area contributed by atoms with E-state index in [1.807, 2.05) is 0 Å². The van der Waals surface area contributed by atoms with Gasteiger partial charge in [-0.2, -0.15) is 0 Å². The summed E-state index contributed by atoms with van der Waals surface area (Å²) in [6.45, 7) is 3.62. The summed E-state index contributed by atoms with van der Waals surface area (Å²) in [5.74, 6) is 0. The van der Waals surface area contributed by atoms with E-state index in [1.165, 1.54) is 32.4 Å². The van der Waals surface area contributed by atoms with E-state index >= 15 is 0 Å². The summed E-state index contributed by atoms with van der Waals surface area (Å²) < 4.78 is 0. The van der Waals surface area contributed by atoms with Crippen LogP contribution in [0.3, 0.4) is 0 Å². The van der Waals surface area contributed by atoms with E-state index in [0.717, 1.165) is 25.7 Å². The van der Waals surface area contributed by atoms with E-state index in [2.05, 4.69) is 4.90 Å². The fourth-order valence-corrected chi connectivity index (χ4v) is 1.58. The molecular weight excluding hydrogens is 138 g/mol. The number of carbonyl (C=O) groups is 1. The SMILES string of the molecule is O=CCCCN1CCCCC1. The van der Waals surface area contributed by atoms with Crippen molar-refractivity contribution in [3.05, 3.63) is 0 Å². The smallest absolute Gasteiger partial charge is 0.120 e. The maximum absolute atomic E-state index is 10.0. The predicted octanol–water partition coefficient (Wildman–Crippen LogP) is 1.45. The van der Waals surface area contributed by atoms with Gasteiger partial charge in [-0.1, -0.05) is 6.42 Å². The minimum atomic E-state index is 0.733. The van der Waals surface area contributed by atoms with Crippen molar-refractivity contribution in [3.8, 4) is 0 Å². The average Bonchev–Trinajstić information content (AvgIpc) is 2.07. The summed E-state index contributed by atoms with van der Waals surface area (Å²) in [6.07, 6.45) is 6.89. The van der Waals surface area contributed by atoms with E-state index in [-0.39, 0.29) is 0 Å². The molecule has 1 saturated heterocycles. The quantitative estimate of drug-likeness (QED) is 0.452. The van der Waals surface area contributed by atoms with Gasteiger partial charge in [-0.3, -0.25) is 0 Å². The van der Waals surface area contributed by atoms with Gasteiger partial charge in [-0.05, 0) is 38.9 Å². The molecule has 0 spiro atoms. The molecular formula is C9H17NO. The molecule has 0 bridgehead atoms. The van der Waals surface area contributed by atoms with Crippen LogP contribution in [0.25, 0.3) is 0 Å². The van der Waals surface area contributed by atoms with Crippen molar-refractivity contribution in [2.45, 2.75) is 32.1 Å². The first-order chi connectivity index (χ1) is 5.43. The molecule has 11 heavy (non-hydrogen) atoms. The average molecular weight is 155 g/mol. The molecule has 1 heterocycles. The Balaban J connectivity index is 2.00. The zero-order chi connectivity index (χ0) is 7.94. The Morgan fingerprint density at radius 3 is 2.55 bits per heavy atom. The summed E-state index contributed by atoms with van der Waals surface area (Å²) in [5, 5.41) is 0. The summed E-state index contributed by atoms with van der Waals surface area (Å²) in [4.78, 5) is 12.5. The van der Waals surface area contributed by atoms with Crippen molar-refractivity contribution in [2.24, 2.45) is 0 Å². The molecule has 0 aromatic heterocycles. The second-order valence-corrected chi connectivity index (χ2v) is 3.21. The van der Waals surface area contributed by atoms with Crippen LogP contribution in [0.5, 0.6) is 0 Å². The number of carbonyl (C=O) groups excluding carboxylic acids is 1. The highest BCUT2D eigenvalue weighted by Gasteiger charge is 2.08. The third kappa shape index (κ3) is 3.51. The molecule has 0 atom stereocenters. The second-order valence-electron chi connectivity index (χ2n) is 3.21. The van der Waals surface area contributed by atoms with Gasteiger partial charge in [0.25, 0.3) is 0 Å². The largest absolute Gasteiger partial charge is 0.303 e. The van der Waals surface area contributed by atoms with Crippen LogP contribution in [0.4, 0.5) is 0 Å². The minimum Gasteiger partial charge on any atom is -0.303 e. The molecule has 2 nitrogen and oxygen atoms in total. The first kappa shape index (κ1) is 8.72. The van der Waals surface area contributed by atoms with Gasteiger partial charge < -0.3 is 9.69 Å². The molecule has 0 aromatic rings. The lowest BCUT2D eigenvalue weighted by atomic mass is 10.1. The maximum atomic E-state index is 10.0. The Morgan fingerprint density at radius 1 is 1.18 bits per heavy atom. The van der Waals surface area contributed by atoms with Crippen molar-refractivity contribution in [1.29, 1.82) is 0 Å². The molecule has 0 radical (unpaired) electrons. The number of hydrogen-bond donors (Lipinski definition) is 0. The molecule has 0 aliphatic carbocycles. The molecule has 0 saturated carbocycles. The monoisotopic (exact) mass is 155 g/mol. The Hall–Kier alpha value is -0.370. The van der Waals surface area contributed by atoms with E-state index in [0.29, 0.717) is 0 Å². The first-order valence-electron chi connectivity index (χ1n) is 4.59. The van der Waals surface area contributed by atoms with Crippen LogP contribution in [0.15, 0.2) is 0 Å². The van der Waals surface area contributed by atoms with Gasteiger partial charge in [0.1, 0.15) is 6.29 Å². The molecule has 0 unspecified atom stereocenters. The Morgan fingerprint density at radius 2 is 1.91 bits per heavy atom. The van der Waals surface area contributed by atoms with Crippen molar-refractivity contribution < 1.29 is 4.79 Å². The highest BCUT2D eigenvalue weighted by Crippen LogP contribution is 2.08. The maximum Gasteiger partial charge on any atom is 0.120 e. The van der Waals surface area contributed by atoms with Crippen molar-refractivity contribution in [3.63, 3.8) is 0 Å². The number of nitrogens with zero attached hydrogens (tertiary/aromatic N) is 1. The number of rotatable bonds is 4. The summed E-state index contributed by atoms with van der Waals surface area (Å²) in [6, 6.07) is 0. The summed E-state index contributed by atoms with van der Waals surface area (Å²) in [5.41, 5.74) is 0. The van der Waals surface area contributed by atoms with Crippen LogP contribution >= 0.6 is 0 Å². The van der Waals surface area contributed by atoms with Crippen LogP contribution in [0.1, 0.15) is 32.1 Å². The lowest BCUT2D eigenvalue weighted by molar-refractivity contribution is -0.108. The number of hydrogen-bond acceptors (Lipinski definition) is 2. The van der Waals surface area contributed by atoms with Gasteiger partial charge in [0.2, 0.25) is 0 Å². The predicted molar refractivity (Wildman–Crippen MR) is 45.6 cm³/mol. The fraction of sp³-hybridized carbons (Fsp3) is 0.889. The first-order valence-corrected chi connectivity index (χ1v) is 4.59. The van der Waals surface area contributed by atoms with Crippen molar-refractivity contribution >= 4 is 6.29 Å². The van der Waals surface area contributed by atoms with E-state index in [1.54, 1.807) is 0 Å². The van der Waals surface area contributed by atoms with Gasteiger partial charge in [0.15, 0.2) is 0 Å². The number of likely N-dealkylation sites (tertiary alicyclic amines) is 1. The second kappa shape index (κ2) is 5.30. The third-order valence-electron chi connectivity index (χ3n) is 2.25. The molecule has 64 valence electrons. The lowest BCUT2D eigenvalue weighted by Gasteiger charge is -2.25. The summed E-state index contributed by atoms with van der Waals surface area (Å²) in [7, 11) is 0. The molecule has 2 heteroatoms. The lowest BCUT2D eigenvalue weighted by Crippen LogP contribution is -2.30. The topological polar surface area (TPSA) is 20.3 Å². The van der Waals surface area contributed by atoms with Gasteiger partial charge >= 0.3 is 0 Å². The summed E-state index contributed by atoms with van der Waals surface area (Å²) >= 11 is 0. The molecule has 1 fully saturated rings. The number of aldehydes is 1. The van der Waals surface area contributed by atoms with Crippen LogP contribution in [-0.4, -0.2) is 30.8 Å². The Bertz CT molecular complexity index is 108. The van der Waals surface area contributed by atoms with Gasteiger partial charge in [-0.25, -0.2) is 0 Å². The molecule has 0 amide bonds. The van der Waals surface area contributed by atoms with E-state index < -0.39 is 0 Å². The molecule has 1 aliphatic rings. The van der Waals surface area contributed by atoms with Crippen LogP contribution in [-0.2, 0) is 4.79 Å². The molecule has 0 aromatic carbocycles. The van der Waals surface area contributed by atoms with Crippen LogP contribution in [0.2, 0.25) is 0 Å². The van der Waals surface area contributed by atoms with Gasteiger partial charge in [-0.15, -0.1) is 0 Å².